The second kappa shape index (κ2) is 7.05. The second-order valence-corrected chi connectivity index (χ2v) is 15.7. The number of hydrogen-bond acceptors (Lipinski definition) is 6. The third kappa shape index (κ3) is 3.58. The number of carbonyl (C=O) groups excluding carboxylic acids is 1. The number of carbonyl (C=O) groups is 1. The zero-order valence-electron chi connectivity index (χ0n) is 19.0. The first kappa shape index (κ1) is 22.2. The van der Waals surface area contributed by atoms with E-state index < -0.39 is 14.0 Å². The molecule has 3 saturated heterocycles. The standard InChI is InChI=1S/C21H38O6Si/c1-10-23-18(22)21(8,9)15-11-13-16(26-13)17-14(25-15)12-24-28(27-17,19(2,3)4)20(5,6)7/h13-17H,10-12H2,1-9H3/t13-,14+,15-,16-,17-/m0/s1. The molecule has 0 spiro atoms. The van der Waals surface area contributed by atoms with Crippen LogP contribution in [0.25, 0.3) is 0 Å². The Morgan fingerprint density at radius 2 is 1.57 bits per heavy atom. The summed E-state index contributed by atoms with van der Waals surface area (Å²) in [6.45, 7) is 19.7. The second-order valence-electron chi connectivity index (χ2n) is 11.0. The van der Waals surface area contributed by atoms with Gasteiger partial charge >= 0.3 is 14.5 Å². The Balaban J connectivity index is 1.85. The summed E-state index contributed by atoms with van der Waals surface area (Å²) < 4.78 is 31.2. The van der Waals surface area contributed by atoms with Crippen LogP contribution in [0.5, 0.6) is 0 Å². The first-order valence-electron chi connectivity index (χ1n) is 10.5. The van der Waals surface area contributed by atoms with E-state index in [1.165, 1.54) is 0 Å². The smallest absolute Gasteiger partial charge is 0.349 e. The van der Waals surface area contributed by atoms with Crippen molar-refractivity contribution in [1.82, 2.24) is 0 Å². The fraction of sp³-hybridized carbons (Fsp3) is 0.952. The molecule has 5 atom stereocenters. The molecule has 0 unspecified atom stereocenters. The fourth-order valence-corrected chi connectivity index (χ4v) is 9.89. The summed E-state index contributed by atoms with van der Waals surface area (Å²) in [7, 11) is -2.59. The third-order valence-electron chi connectivity index (χ3n) is 6.43. The molecule has 3 heterocycles. The molecule has 3 rings (SSSR count). The van der Waals surface area contributed by atoms with Gasteiger partial charge in [0.05, 0.1) is 30.8 Å². The number of rotatable bonds is 3. The van der Waals surface area contributed by atoms with E-state index in [4.69, 9.17) is 23.1 Å². The predicted octanol–water partition coefficient (Wildman–Crippen LogP) is 3.96. The van der Waals surface area contributed by atoms with E-state index in [1.807, 2.05) is 20.8 Å². The zero-order chi connectivity index (χ0) is 21.1. The molecule has 6 nitrogen and oxygen atoms in total. The molecule has 7 heteroatoms. The fourth-order valence-electron chi connectivity index (χ4n) is 4.93. The molecule has 0 amide bonds. The van der Waals surface area contributed by atoms with Crippen LogP contribution in [-0.4, -0.2) is 58.3 Å². The minimum atomic E-state index is -2.59. The Morgan fingerprint density at radius 3 is 2.11 bits per heavy atom. The van der Waals surface area contributed by atoms with Gasteiger partial charge in [0.25, 0.3) is 0 Å². The van der Waals surface area contributed by atoms with Crippen molar-refractivity contribution in [2.45, 2.75) is 109 Å². The van der Waals surface area contributed by atoms with E-state index >= 15 is 0 Å². The van der Waals surface area contributed by atoms with Gasteiger partial charge in [-0.15, -0.1) is 0 Å². The number of esters is 1. The van der Waals surface area contributed by atoms with Gasteiger partial charge in [0.1, 0.15) is 18.3 Å². The Bertz CT molecular complexity index is 591. The maximum absolute atomic E-state index is 12.5. The Labute approximate surface area is 170 Å². The van der Waals surface area contributed by atoms with Gasteiger partial charge < -0.3 is 23.1 Å². The number of fused-ring (bicyclic) bond motifs is 3. The molecular weight excluding hydrogens is 376 g/mol. The van der Waals surface area contributed by atoms with Crippen molar-refractivity contribution < 1.29 is 27.9 Å². The largest absolute Gasteiger partial charge is 0.466 e. The van der Waals surface area contributed by atoms with Crippen molar-refractivity contribution in [2.75, 3.05) is 13.2 Å². The molecule has 0 N–H and O–H groups in total. The van der Waals surface area contributed by atoms with Gasteiger partial charge in [-0.05, 0) is 20.8 Å². The third-order valence-corrected chi connectivity index (χ3v) is 11.6. The molecule has 3 fully saturated rings. The SMILES string of the molecule is CCOC(=O)C(C)(C)[C@@H]1C[C@@H]2O[C@@H]2[C@H]2O[Si](C(C)(C)C)(C(C)(C)C)OC[C@H]2O1. The first-order chi connectivity index (χ1) is 12.7. The monoisotopic (exact) mass is 414 g/mol. The lowest BCUT2D eigenvalue weighted by molar-refractivity contribution is -0.182. The normalized spacial score (nSPS) is 35.4. The van der Waals surface area contributed by atoms with Crippen molar-refractivity contribution >= 4 is 14.5 Å². The van der Waals surface area contributed by atoms with E-state index in [2.05, 4.69) is 41.5 Å². The lowest BCUT2D eigenvalue weighted by Gasteiger charge is -2.54. The number of ether oxygens (including phenoxy) is 3. The van der Waals surface area contributed by atoms with E-state index in [1.54, 1.807) is 0 Å². The van der Waals surface area contributed by atoms with E-state index in [-0.39, 0.29) is 46.6 Å². The van der Waals surface area contributed by atoms with Gasteiger partial charge in [0.2, 0.25) is 0 Å². The van der Waals surface area contributed by atoms with Crippen molar-refractivity contribution in [3.05, 3.63) is 0 Å². The van der Waals surface area contributed by atoms with Crippen LogP contribution in [-0.2, 0) is 27.9 Å². The molecule has 162 valence electrons. The van der Waals surface area contributed by atoms with Crippen molar-refractivity contribution in [2.24, 2.45) is 5.41 Å². The minimum Gasteiger partial charge on any atom is -0.466 e. The molecule has 0 aliphatic carbocycles. The molecule has 28 heavy (non-hydrogen) atoms. The van der Waals surface area contributed by atoms with Crippen LogP contribution >= 0.6 is 0 Å². The van der Waals surface area contributed by atoms with Gasteiger partial charge in [0, 0.05) is 16.5 Å². The van der Waals surface area contributed by atoms with Crippen LogP contribution in [0.1, 0.15) is 68.7 Å². The van der Waals surface area contributed by atoms with Crippen LogP contribution in [0.4, 0.5) is 0 Å². The molecule has 0 aromatic heterocycles. The highest BCUT2D eigenvalue weighted by Gasteiger charge is 2.66. The molecule has 0 bridgehead atoms. The van der Waals surface area contributed by atoms with Gasteiger partial charge in [-0.2, -0.15) is 0 Å². The van der Waals surface area contributed by atoms with Gasteiger partial charge in [-0.25, -0.2) is 0 Å². The lowest BCUT2D eigenvalue weighted by Crippen LogP contribution is -2.66. The Morgan fingerprint density at radius 1 is 0.964 bits per heavy atom. The maximum Gasteiger partial charge on any atom is 0.349 e. The summed E-state index contributed by atoms with van der Waals surface area (Å²) in [5.74, 6) is -0.235. The van der Waals surface area contributed by atoms with E-state index in [9.17, 15) is 4.79 Å². The molecule has 3 aliphatic rings. The predicted molar refractivity (Wildman–Crippen MR) is 108 cm³/mol. The number of epoxide rings is 1. The molecule has 0 aromatic rings. The van der Waals surface area contributed by atoms with Crippen molar-refractivity contribution in [1.29, 1.82) is 0 Å². The van der Waals surface area contributed by atoms with Crippen molar-refractivity contribution in [3.8, 4) is 0 Å². The first-order valence-corrected chi connectivity index (χ1v) is 12.4. The number of hydrogen-bond donors (Lipinski definition) is 0. The van der Waals surface area contributed by atoms with Crippen molar-refractivity contribution in [3.63, 3.8) is 0 Å². The average molecular weight is 415 g/mol. The molecule has 0 aromatic carbocycles. The van der Waals surface area contributed by atoms with Crippen LogP contribution in [0, 0.1) is 5.41 Å². The van der Waals surface area contributed by atoms with Gasteiger partial charge in [0.15, 0.2) is 0 Å². The summed E-state index contributed by atoms with van der Waals surface area (Å²) in [6, 6.07) is 0. The Hall–Kier alpha value is -0.473. The molecule has 0 saturated carbocycles. The Kier molecular flexibility index (Phi) is 5.59. The summed E-state index contributed by atoms with van der Waals surface area (Å²) in [5, 5.41) is -0.174. The molecular formula is C21H38O6Si. The summed E-state index contributed by atoms with van der Waals surface area (Å²) in [6.07, 6.45) is 0.0920. The quantitative estimate of drug-likeness (QED) is 0.396. The highest BCUT2D eigenvalue weighted by atomic mass is 28.4. The molecule has 0 radical (unpaired) electrons. The average Bonchev–Trinajstić information content (AvgIpc) is 3.31. The zero-order valence-corrected chi connectivity index (χ0v) is 20.0. The van der Waals surface area contributed by atoms with Gasteiger partial charge in [-0.3, -0.25) is 4.79 Å². The van der Waals surface area contributed by atoms with Crippen LogP contribution in [0.2, 0.25) is 10.1 Å². The molecule has 3 aliphatic heterocycles. The highest BCUT2D eigenvalue weighted by Crippen LogP contribution is 2.56. The lowest BCUT2D eigenvalue weighted by atomic mass is 9.84. The van der Waals surface area contributed by atoms with Crippen LogP contribution < -0.4 is 0 Å². The van der Waals surface area contributed by atoms with Crippen LogP contribution in [0.3, 0.4) is 0 Å². The summed E-state index contributed by atoms with van der Waals surface area (Å²) >= 11 is 0. The minimum absolute atomic E-state index is 0.0217. The summed E-state index contributed by atoms with van der Waals surface area (Å²) in [5.41, 5.74) is -0.749. The van der Waals surface area contributed by atoms with E-state index in [0.29, 0.717) is 19.6 Å². The topological polar surface area (TPSA) is 66.5 Å². The highest BCUT2D eigenvalue weighted by molar-refractivity contribution is 6.73. The van der Waals surface area contributed by atoms with E-state index in [0.717, 1.165) is 0 Å². The van der Waals surface area contributed by atoms with Gasteiger partial charge in [-0.1, -0.05) is 41.5 Å². The van der Waals surface area contributed by atoms with Crippen LogP contribution in [0.15, 0.2) is 0 Å². The maximum atomic E-state index is 12.5. The summed E-state index contributed by atoms with van der Waals surface area (Å²) in [4.78, 5) is 12.5.